The number of fused-ring (bicyclic) bond motifs is 1. The van der Waals surface area contributed by atoms with Crippen molar-refractivity contribution in [3.8, 4) is 22.6 Å². The van der Waals surface area contributed by atoms with Crippen LogP contribution in [0.25, 0.3) is 28.3 Å². The van der Waals surface area contributed by atoms with Crippen molar-refractivity contribution in [1.82, 2.24) is 29.5 Å². The summed E-state index contributed by atoms with van der Waals surface area (Å²) < 4.78 is 1.73. The van der Waals surface area contributed by atoms with Gasteiger partial charge in [-0.05, 0) is 55.8 Å². The molecule has 164 valence electrons. The van der Waals surface area contributed by atoms with Gasteiger partial charge < -0.3 is 10.3 Å². The Kier molecular flexibility index (Phi) is 5.40. The van der Waals surface area contributed by atoms with Crippen molar-refractivity contribution >= 4 is 17.1 Å². The fraction of sp³-hybridized carbons (Fsp3) is 0.160. The summed E-state index contributed by atoms with van der Waals surface area (Å²) in [4.78, 5) is 28.7. The van der Waals surface area contributed by atoms with Gasteiger partial charge in [-0.3, -0.25) is 9.78 Å². The standard InChI is InChI=1S/C25H23N7O/c1-16-5-3-8-21(29-16)25-24(19-9-10-23-27-15-28-32(23)14-19)30-22(31-25)13-26-20-7-4-6-18(12-20)11-17(2)33/h3-10,12,14-15,26H,11,13H2,1-2H3,(H,30,31). The number of aryl methyl sites for hydroxylation is 1. The van der Waals surface area contributed by atoms with Crippen LogP contribution in [-0.4, -0.2) is 35.3 Å². The third kappa shape index (κ3) is 4.50. The summed E-state index contributed by atoms with van der Waals surface area (Å²) in [6.07, 6.45) is 3.87. The second-order valence-electron chi connectivity index (χ2n) is 7.98. The number of benzene rings is 1. The van der Waals surface area contributed by atoms with Crippen molar-refractivity contribution in [3.63, 3.8) is 0 Å². The highest BCUT2D eigenvalue weighted by molar-refractivity contribution is 5.78. The molecule has 0 saturated heterocycles. The van der Waals surface area contributed by atoms with Crippen molar-refractivity contribution in [3.05, 3.63) is 84.2 Å². The van der Waals surface area contributed by atoms with Crippen LogP contribution in [0.1, 0.15) is 24.0 Å². The zero-order valence-electron chi connectivity index (χ0n) is 18.4. The highest BCUT2D eigenvalue weighted by atomic mass is 16.1. The Morgan fingerprint density at radius 1 is 1.09 bits per heavy atom. The number of ketones is 1. The first-order chi connectivity index (χ1) is 16.0. The maximum Gasteiger partial charge on any atom is 0.155 e. The van der Waals surface area contributed by atoms with Crippen LogP contribution in [0.3, 0.4) is 0 Å². The van der Waals surface area contributed by atoms with E-state index in [4.69, 9.17) is 9.97 Å². The summed E-state index contributed by atoms with van der Waals surface area (Å²) >= 11 is 0. The van der Waals surface area contributed by atoms with E-state index in [1.54, 1.807) is 11.4 Å². The third-order valence-electron chi connectivity index (χ3n) is 5.28. The van der Waals surface area contributed by atoms with Gasteiger partial charge in [-0.2, -0.15) is 5.10 Å². The number of rotatable bonds is 7. The average Bonchev–Trinajstić information content (AvgIpc) is 3.44. The number of nitrogens with zero attached hydrogens (tertiary/aromatic N) is 5. The lowest BCUT2D eigenvalue weighted by atomic mass is 10.1. The van der Waals surface area contributed by atoms with Crippen molar-refractivity contribution in [1.29, 1.82) is 0 Å². The molecule has 0 unspecified atom stereocenters. The summed E-state index contributed by atoms with van der Waals surface area (Å²) in [5, 5.41) is 7.65. The van der Waals surface area contributed by atoms with Crippen molar-refractivity contribution in [2.75, 3.05) is 5.32 Å². The second-order valence-corrected chi connectivity index (χ2v) is 7.98. The molecule has 0 amide bonds. The van der Waals surface area contributed by atoms with Crippen molar-refractivity contribution < 1.29 is 4.79 Å². The monoisotopic (exact) mass is 437 g/mol. The van der Waals surface area contributed by atoms with Crippen LogP contribution in [0, 0.1) is 6.92 Å². The number of H-pyrrole nitrogens is 1. The van der Waals surface area contributed by atoms with E-state index in [2.05, 4.69) is 20.4 Å². The van der Waals surface area contributed by atoms with Crippen LogP contribution in [0.2, 0.25) is 0 Å². The van der Waals surface area contributed by atoms with Crippen molar-refractivity contribution in [2.45, 2.75) is 26.8 Å². The van der Waals surface area contributed by atoms with Crippen LogP contribution in [0.5, 0.6) is 0 Å². The molecule has 5 rings (SSSR count). The summed E-state index contributed by atoms with van der Waals surface area (Å²) in [7, 11) is 0. The highest BCUT2D eigenvalue weighted by Gasteiger charge is 2.16. The largest absolute Gasteiger partial charge is 0.378 e. The predicted octanol–water partition coefficient (Wildman–Crippen LogP) is 4.23. The smallest absolute Gasteiger partial charge is 0.155 e. The molecule has 2 N–H and O–H groups in total. The van der Waals surface area contributed by atoms with Gasteiger partial charge in [0.1, 0.15) is 17.9 Å². The molecule has 4 heterocycles. The molecule has 0 aliphatic carbocycles. The molecule has 0 spiro atoms. The van der Waals surface area contributed by atoms with Gasteiger partial charge in [0.2, 0.25) is 0 Å². The number of imidazole rings is 1. The van der Waals surface area contributed by atoms with Gasteiger partial charge in [-0.15, -0.1) is 0 Å². The van der Waals surface area contributed by atoms with E-state index in [1.165, 1.54) is 6.33 Å². The Morgan fingerprint density at radius 3 is 2.82 bits per heavy atom. The first-order valence-electron chi connectivity index (χ1n) is 10.7. The second kappa shape index (κ2) is 8.66. The number of aromatic amines is 1. The minimum absolute atomic E-state index is 0.141. The molecule has 8 heteroatoms. The summed E-state index contributed by atoms with van der Waals surface area (Å²) in [5.41, 5.74) is 7.01. The summed E-state index contributed by atoms with van der Waals surface area (Å²) in [5.74, 6) is 0.918. The Hall–Kier alpha value is -4.33. The maximum absolute atomic E-state index is 11.5. The molecular formula is C25H23N7O. The zero-order valence-corrected chi connectivity index (χ0v) is 18.4. The number of hydrogen-bond donors (Lipinski definition) is 2. The molecule has 0 fully saturated rings. The van der Waals surface area contributed by atoms with Gasteiger partial charge in [-0.25, -0.2) is 14.5 Å². The number of pyridine rings is 2. The summed E-state index contributed by atoms with van der Waals surface area (Å²) in [6, 6.07) is 17.7. The predicted molar refractivity (Wildman–Crippen MR) is 127 cm³/mol. The quantitative estimate of drug-likeness (QED) is 0.395. The van der Waals surface area contributed by atoms with E-state index >= 15 is 0 Å². The Bertz CT molecular complexity index is 1450. The molecule has 0 bridgehead atoms. The number of nitrogens with one attached hydrogen (secondary N) is 2. The molecular weight excluding hydrogens is 414 g/mol. The SMILES string of the molecule is CC(=O)Cc1cccc(NCc2nc(-c3ccc4ncnn4c3)c(-c3cccc(C)n3)[nH]2)c1. The fourth-order valence-corrected chi connectivity index (χ4v) is 3.80. The molecule has 0 aliphatic heterocycles. The number of Topliss-reactive ketones (excluding diaryl/α,β-unsaturated/α-hetero) is 1. The molecule has 0 aliphatic rings. The lowest BCUT2D eigenvalue weighted by Crippen LogP contribution is -2.03. The van der Waals surface area contributed by atoms with E-state index < -0.39 is 0 Å². The van der Waals surface area contributed by atoms with Gasteiger partial charge >= 0.3 is 0 Å². The van der Waals surface area contributed by atoms with Crippen LogP contribution in [0.4, 0.5) is 5.69 Å². The average molecular weight is 438 g/mol. The third-order valence-corrected chi connectivity index (χ3v) is 5.28. The highest BCUT2D eigenvalue weighted by Crippen LogP contribution is 2.29. The molecule has 5 aromatic rings. The topological polar surface area (TPSA) is 101 Å². The molecule has 0 atom stereocenters. The minimum Gasteiger partial charge on any atom is -0.378 e. The molecule has 1 aromatic carbocycles. The number of carbonyl (C=O) groups excluding carboxylic acids is 1. The van der Waals surface area contributed by atoms with Gasteiger partial charge in [0.05, 0.1) is 23.6 Å². The number of aromatic nitrogens is 6. The maximum atomic E-state index is 11.5. The molecule has 33 heavy (non-hydrogen) atoms. The Morgan fingerprint density at radius 2 is 1.97 bits per heavy atom. The minimum atomic E-state index is 0.141. The summed E-state index contributed by atoms with van der Waals surface area (Å²) in [6.45, 7) is 4.06. The first kappa shape index (κ1) is 20.6. The molecule has 4 aromatic heterocycles. The van der Waals surface area contributed by atoms with E-state index in [0.29, 0.717) is 13.0 Å². The van der Waals surface area contributed by atoms with E-state index in [0.717, 1.165) is 51.1 Å². The normalized spacial score (nSPS) is 11.1. The van der Waals surface area contributed by atoms with Crippen LogP contribution in [0.15, 0.2) is 67.1 Å². The fourth-order valence-electron chi connectivity index (χ4n) is 3.80. The van der Waals surface area contributed by atoms with Crippen molar-refractivity contribution in [2.24, 2.45) is 0 Å². The van der Waals surface area contributed by atoms with E-state index in [-0.39, 0.29) is 5.78 Å². The van der Waals surface area contributed by atoms with Gasteiger partial charge in [0.15, 0.2) is 5.65 Å². The number of anilines is 1. The van der Waals surface area contributed by atoms with E-state index in [9.17, 15) is 4.79 Å². The molecule has 0 saturated carbocycles. The Balaban J connectivity index is 1.48. The van der Waals surface area contributed by atoms with Crippen LogP contribution < -0.4 is 5.32 Å². The van der Waals surface area contributed by atoms with Gasteiger partial charge in [0.25, 0.3) is 0 Å². The molecule has 0 radical (unpaired) electrons. The van der Waals surface area contributed by atoms with Gasteiger partial charge in [-0.1, -0.05) is 18.2 Å². The van der Waals surface area contributed by atoms with Crippen LogP contribution >= 0.6 is 0 Å². The molecule has 8 nitrogen and oxygen atoms in total. The number of carbonyl (C=O) groups is 1. The lowest BCUT2D eigenvalue weighted by molar-refractivity contribution is -0.116. The first-order valence-corrected chi connectivity index (χ1v) is 10.7. The van der Waals surface area contributed by atoms with Crippen LogP contribution in [-0.2, 0) is 17.8 Å². The Labute approximate surface area is 190 Å². The number of hydrogen-bond acceptors (Lipinski definition) is 6. The van der Waals surface area contributed by atoms with E-state index in [1.807, 2.05) is 67.7 Å². The zero-order chi connectivity index (χ0) is 22.8. The lowest BCUT2D eigenvalue weighted by Gasteiger charge is -2.06. The van der Waals surface area contributed by atoms with Gasteiger partial charge in [0, 0.05) is 29.6 Å².